The van der Waals surface area contributed by atoms with Crippen molar-refractivity contribution in [3.05, 3.63) is 58.1 Å². The summed E-state index contributed by atoms with van der Waals surface area (Å²) in [4.78, 5) is 48.2. The molecule has 3 rings (SSSR count). The minimum Gasteiger partial charge on any atom is -0.478 e. The smallest absolute Gasteiger partial charge is 0.418 e. The predicted molar refractivity (Wildman–Crippen MR) is 101 cm³/mol. The molecule has 12 heteroatoms. The van der Waals surface area contributed by atoms with Gasteiger partial charge in [-0.05, 0) is 36.4 Å². The number of benzene rings is 2. The number of carboxylic acids is 2. The largest absolute Gasteiger partial charge is 0.478 e. The molecule has 0 spiro atoms. The number of halogens is 4. The van der Waals surface area contributed by atoms with Crippen molar-refractivity contribution in [1.82, 2.24) is 0 Å². The fourth-order valence-corrected chi connectivity index (χ4v) is 3.24. The van der Waals surface area contributed by atoms with Crippen molar-refractivity contribution in [3.63, 3.8) is 0 Å². The molecule has 0 aromatic heterocycles. The summed E-state index contributed by atoms with van der Waals surface area (Å²) in [5, 5.41) is 20.5. The van der Waals surface area contributed by atoms with Gasteiger partial charge in [0, 0.05) is 10.7 Å². The molecule has 1 heterocycles. The molecule has 2 aromatic rings. The molecule has 8 nitrogen and oxygen atoms in total. The van der Waals surface area contributed by atoms with Crippen LogP contribution in [0.1, 0.15) is 32.7 Å². The van der Waals surface area contributed by atoms with E-state index >= 15 is 0 Å². The molecule has 31 heavy (non-hydrogen) atoms. The summed E-state index contributed by atoms with van der Waals surface area (Å²) in [7, 11) is 0. The van der Waals surface area contributed by atoms with Crippen molar-refractivity contribution in [2.45, 2.75) is 18.6 Å². The lowest BCUT2D eigenvalue weighted by molar-refractivity contribution is -0.137. The fourth-order valence-electron chi connectivity index (χ4n) is 3.07. The molecule has 0 bridgehead atoms. The van der Waals surface area contributed by atoms with Gasteiger partial charge in [0.1, 0.15) is 6.04 Å². The molecule has 1 unspecified atom stereocenters. The van der Waals surface area contributed by atoms with Crippen LogP contribution >= 0.6 is 11.6 Å². The average Bonchev–Trinajstić information content (AvgIpc) is 2.95. The van der Waals surface area contributed by atoms with Gasteiger partial charge in [-0.3, -0.25) is 9.59 Å². The van der Waals surface area contributed by atoms with Crippen LogP contribution in [0, 0.1) is 0 Å². The van der Waals surface area contributed by atoms with Crippen molar-refractivity contribution in [2.24, 2.45) is 0 Å². The average molecular weight is 457 g/mol. The van der Waals surface area contributed by atoms with Crippen LogP contribution in [0.5, 0.6) is 0 Å². The van der Waals surface area contributed by atoms with Gasteiger partial charge in [0.25, 0.3) is 5.91 Å². The standard InChI is InChI=1S/C19H12ClF3N2O6/c20-10-1-2-13(12(6-10)19(21,22)23)24-14-7-15(26)25(16(14)27)11-4-8(17(28)29)3-9(5-11)18(30)31/h1-6,14,24H,7H2,(H,28,29)(H,30,31). The van der Waals surface area contributed by atoms with Gasteiger partial charge >= 0.3 is 18.1 Å². The number of imide groups is 1. The highest BCUT2D eigenvalue weighted by Crippen LogP contribution is 2.37. The Labute approximate surface area is 176 Å². The van der Waals surface area contributed by atoms with E-state index in [9.17, 15) is 32.3 Å². The van der Waals surface area contributed by atoms with Crippen LogP contribution in [-0.2, 0) is 15.8 Å². The zero-order valence-corrected chi connectivity index (χ0v) is 16.0. The topological polar surface area (TPSA) is 124 Å². The zero-order valence-electron chi connectivity index (χ0n) is 15.2. The molecule has 1 fully saturated rings. The van der Waals surface area contributed by atoms with E-state index in [2.05, 4.69) is 5.32 Å². The number of rotatable bonds is 5. The van der Waals surface area contributed by atoms with Crippen molar-refractivity contribution in [3.8, 4) is 0 Å². The summed E-state index contributed by atoms with van der Waals surface area (Å²) in [5.41, 5.74) is -2.90. The van der Waals surface area contributed by atoms with Crippen LogP contribution in [0.25, 0.3) is 0 Å². The van der Waals surface area contributed by atoms with E-state index in [1.165, 1.54) is 6.07 Å². The number of alkyl halides is 3. The molecule has 1 saturated heterocycles. The van der Waals surface area contributed by atoms with E-state index in [0.29, 0.717) is 11.0 Å². The lowest BCUT2D eigenvalue weighted by atomic mass is 10.1. The first-order valence-corrected chi connectivity index (χ1v) is 8.88. The molecule has 1 atom stereocenters. The van der Waals surface area contributed by atoms with E-state index in [0.717, 1.165) is 24.3 Å². The highest BCUT2D eigenvalue weighted by atomic mass is 35.5. The third-order valence-corrected chi connectivity index (χ3v) is 4.67. The maximum atomic E-state index is 13.3. The van der Waals surface area contributed by atoms with E-state index in [4.69, 9.17) is 21.8 Å². The molecule has 1 aliphatic rings. The number of hydrogen-bond acceptors (Lipinski definition) is 5. The second-order valence-corrected chi connectivity index (χ2v) is 6.97. The summed E-state index contributed by atoms with van der Waals surface area (Å²) in [6, 6.07) is 4.16. The van der Waals surface area contributed by atoms with E-state index in [1.807, 2.05) is 0 Å². The van der Waals surface area contributed by atoms with Crippen LogP contribution in [-0.4, -0.2) is 40.0 Å². The Kier molecular flexibility index (Phi) is 5.64. The zero-order chi connectivity index (χ0) is 23.1. The Morgan fingerprint density at radius 2 is 1.61 bits per heavy atom. The summed E-state index contributed by atoms with van der Waals surface area (Å²) in [6.45, 7) is 0. The SMILES string of the molecule is O=C(O)c1cc(C(=O)O)cc(N2C(=O)CC(Nc3ccc(Cl)cc3C(F)(F)F)C2=O)c1. The Bertz CT molecular complexity index is 1090. The number of carbonyl (C=O) groups excluding carboxylic acids is 2. The van der Waals surface area contributed by atoms with Crippen molar-refractivity contribution in [1.29, 1.82) is 0 Å². The van der Waals surface area contributed by atoms with Crippen molar-refractivity contribution < 1.29 is 42.6 Å². The van der Waals surface area contributed by atoms with Gasteiger partial charge in [-0.1, -0.05) is 11.6 Å². The van der Waals surface area contributed by atoms with E-state index in [-0.39, 0.29) is 10.7 Å². The number of carboxylic acid groups (broad SMARTS) is 2. The van der Waals surface area contributed by atoms with Crippen LogP contribution in [0.4, 0.5) is 24.5 Å². The first-order chi connectivity index (χ1) is 14.4. The van der Waals surface area contributed by atoms with E-state index < -0.39 is 64.8 Å². The molecular weight excluding hydrogens is 445 g/mol. The van der Waals surface area contributed by atoms with Gasteiger partial charge in [0.2, 0.25) is 5.91 Å². The quantitative estimate of drug-likeness (QED) is 0.588. The number of anilines is 2. The van der Waals surface area contributed by atoms with Gasteiger partial charge in [-0.25, -0.2) is 14.5 Å². The molecule has 2 amide bonds. The van der Waals surface area contributed by atoms with Gasteiger partial charge in [-0.2, -0.15) is 13.2 Å². The number of amides is 2. The maximum Gasteiger partial charge on any atom is 0.418 e. The fraction of sp³-hybridized carbons (Fsp3) is 0.158. The second-order valence-electron chi connectivity index (χ2n) is 6.53. The van der Waals surface area contributed by atoms with Gasteiger partial charge in [0.05, 0.1) is 28.8 Å². The monoisotopic (exact) mass is 456 g/mol. The van der Waals surface area contributed by atoms with Crippen LogP contribution in [0.2, 0.25) is 5.02 Å². The highest BCUT2D eigenvalue weighted by Gasteiger charge is 2.42. The Morgan fingerprint density at radius 3 is 2.13 bits per heavy atom. The number of hydrogen-bond donors (Lipinski definition) is 3. The summed E-state index contributed by atoms with van der Waals surface area (Å²) in [5.74, 6) is -4.79. The lowest BCUT2D eigenvalue weighted by Crippen LogP contribution is -2.35. The molecule has 2 aromatic carbocycles. The normalized spacial score (nSPS) is 16.5. The first-order valence-electron chi connectivity index (χ1n) is 8.50. The molecule has 0 radical (unpaired) electrons. The Balaban J connectivity index is 1.96. The van der Waals surface area contributed by atoms with Gasteiger partial charge < -0.3 is 15.5 Å². The number of nitrogens with zero attached hydrogens (tertiary/aromatic N) is 1. The molecule has 0 aliphatic carbocycles. The number of nitrogens with one attached hydrogen (secondary N) is 1. The number of carbonyl (C=O) groups is 4. The van der Waals surface area contributed by atoms with Crippen molar-refractivity contribution in [2.75, 3.05) is 10.2 Å². The summed E-state index contributed by atoms with van der Waals surface area (Å²) < 4.78 is 39.9. The molecule has 3 N–H and O–H groups in total. The molecular formula is C19H12ClF3N2O6. The number of aromatic carboxylic acids is 2. The maximum absolute atomic E-state index is 13.3. The van der Waals surface area contributed by atoms with Crippen LogP contribution in [0.3, 0.4) is 0 Å². The Morgan fingerprint density at radius 1 is 1.03 bits per heavy atom. The molecule has 0 saturated carbocycles. The van der Waals surface area contributed by atoms with Crippen LogP contribution in [0.15, 0.2) is 36.4 Å². The first kappa shape index (κ1) is 22.1. The molecule has 1 aliphatic heterocycles. The van der Waals surface area contributed by atoms with Gasteiger partial charge in [0.15, 0.2) is 0 Å². The molecule has 162 valence electrons. The summed E-state index contributed by atoms with van der Waals surface area (Å²) in [6.07, 6.45) is -5.32. The third kappa shape index (κ3) is 4.45. The third-order valence-electron chi connectivity index (χ3n) is 4.43. The van der Waals surface area contributed by atoms with E-state index in [1.54, 1.807) is 0 Å². The van der Waals surface area contributed by atoms with Crippen molar-refractivity contribution >= 4 is 46.7 Å². The highest BCUT2D eigenvalue weighted by molar-refractivity contribution is 6.30. The van der Waals surface area contributed by atoms with Crippen LogP contribution < -0.4 is 10.2 Å². The lowest BCUT2D eigenvalue weighted by Gasteiger charge is -2.19. The van der Waals surface area contributed by atoms with Gasteiger partial charge in [-0.15, -0.1) is 0 Å². The minimum atomic E-state index is -4.79. The Hall–Kier alpha value is -3.60. The summed E-state index contributed by atoms with van der Waals surface area (Å²) >= 11 is 5.62. The second kappa shape index (κ2) is 7.91. The minimum absolute atomic E-state index is 0.181. The predicted octanol–water partition coefficient (Wildman–Crippen LogP) is 3.50.